The van der Waals surface area contributed by atoms with Gasteiger partial charge in [0.2, 0.25) is 5.88 Å². The van der Waals surface area contributed by atoms with E-state index in [1.807, 2.05) is 12.1 Å². The number of nitrogens with zero attached hydrogens (tertiary/aromatic N) is 3. The minimum absolute atomic E-state index is 0.509. The summed E-state index contributed by atoms with van der Waals surface area (Å²) in [6.07, 6.45) is 4.08. The summed E-state index contributed by atoms with van der Waals surface area (Å²) in [5.74, 6) is 2.03. The average molecular weight is 262 g/mol. The van der Waals surface area contributed by atoms with Gasteiger partial charge in [-0.15, -0.1) is 0 Å². The lowest BCUT2D eigenvalue weighted by Gasteiger charge is -2.31. The van der Waals surface area contributed by atoms with Crippen molar-refractivity contribution < 1.29 is 4.74 Å². The molecule has 5 heteroatoms. The Kier molecular flexibility index (Phi) is 4.60. The number of ether oxygens (including phenoxy) is 1. The van der Waals surface area contributed by atoms with Crippen LogP contribution in [0.15, 0.2) is 23.3 Å². The third-order valence-electron chi connectivity index (χ3n) is 3.56. The fraction of sp³-hybridized carbons (Fsp3) is 0.571. The van der Waals surface area contributed by atoms with Gasteiger partial charge >= 0.3 is 0 Å². The van der Waals surface area contributed by atoms with Gasteiger partial charge in [-0.2, -0.15) is 0 Å². The first-order valence-electron chi connectivity index (χ1n) is 6.73. The Morgan fingerprint density at radius 1 is 1.53 bits per heavy atom. The molecule has 1 aliphatic rings. The van der Waals surface area contributed by atoms with Gasteiger partial charge in [0.15, 0.2) is 5.96 Å². The summed E-state index contributed by atoms with van der Waals surface area (Å²) in [5, 5.41) is 0. The third kappa shape index (κ3) is 3.59. The van der Waals surface area contributed by atoms with E-state index < -0.39 is 0 Å². The number of guanidine groups is 1. The van der Waals surface area contributed by atoms with E-state index in [0.717, 1.165) is 24.6 Å². The lowest BCUT2D eigenvalue weighted by Crippen LogP contribution is -2.42. The van der Waals surface area contributed by atoms with E-state index in [1.54, 1.807) is 13.3 Å². The molecule has 0 spiro atoms. The van der Waals surface area contributed by atoms with Gasteiger partial charge in [-0.05, 0) is 24.8 Å². The molecule has 104 valence electrons. The molecule has 0 unspecified atom stereocenters. The first kappa shape index (κ1) is 13.6. The quantitative estimate of drug-likeness (QED) is 0.664. The van der Waals surface area contributed by atoms with Crippen molar-refractivity contribution in [2.45, 2.75) is 26.3 Å². The zero-order chi connectivity index (χ0) is 13.7. The van der Waals surface area contributed by atoms with Crippen molar-refractivity contribution in [3.63, 3.8) is 0 Å². The highest BCUT2D eigenvalue weighted by Crippen LogP contribution is 2.17. The van der Waals surface area contributed by atoms with Crippen LogP contribution in [0.3, 0.4) is 0 Å². The summed E-state index contributed by atoms with van der Waals surface area (Å²) >= 11 is 0. The predicted octanol–water partition coefficient (Wildman–Crippen LogP) is 1.64. The summed E-state index contributed by atoms with van der Waals surface area (Å²) in [6, 6.07) is 3.84. The van der Waals surface area contributed by atoms with Crippen LogP contribution in [0.2, 0.25) is 0 Å². The van der Waals surface area contributed by atoms with Gasteiger partial charge < -0.3 is 15.4 Å². The molecule has 2 rings (SSSR count). The van der Waals surface area contributed by atoms with E-state index in [0.29, 0.717) is 18.4 Å². The second kappa shape index (κ2) is 6.41. The second-order valence-electron chi connectivity index (χ2n) is 5.02. The number of piperidine rings is 1. The summed E-state index contributed by atoms with van der Waals surface area (Å²) in [6.45, 7) is 4.79. The molecule has 19 heavy (non-hydrogen) atoms. The van der Waals surface area contributed by atoms with Crippen LogP contribution >= 0.6 is 0 Å². The molecular weight excluding hydrogens is 240 g/mol. The minimum Gasteiger partial charge on any atom is -0.481 e. The summed E-state index contributed by atoms with van der Waals surface area (Å²) in [7, 11) is 1.62. The fourth-order valence-corrected chi connectivity index (χ4v) is 2.23. The monoisotopic (exact) mass is 262 g/mol. The van der Waals surface area contributed by atoms with Gasteiger partial charge in [-0.3, -0.25) is 0 Å². The van der Waals surface area contributed by atoms with Crippen LogP contribution in [0.1, 0.15) is 25.3 Å². The molecule has 1 aromatic heterocycles. The topological polar surface area (TPSA) is 63.7 Å². The molecular formula is C14H22N4O. The molecule has 0 saturated carbocycles. The van der Waals surface area contributed by atoms with Crippen LogP contribution in [0.25, 0.3) is 0 Å². The van der Waals surface area contributed by atoms with E-state index in [4.69, 9.17) is 10.5 Å². The van der Waals surface area contributed by atoms with E-state index in [2.05, 4.69) is 21.8 Å². The molecule has 0 atom stereocenters. The molecule has 0 radical (unpaired) electrons. The van der Waals surface area contributed by atoms with Gasteiger partial charge in [0.25, 0.3) is 0 Å². The maximum atomic E-state index is 6.05. The molecule has 0 aliphatic carbocycles. The molecule has 0 aromatic carbocycles. The number of nitrogens with two attached hydrogens (primary N) is 1. The van der Waals surface area contributed by atoms with Crippen molar-refractivity contribution in [1.29, 1.82) is 0 Å². The summed E-state index contributed by atoms with van der Waals surface area (Å²) < 4.78 is 5.20. The maximum absolute atomic E-state index is 6.05. The van der Waals surface area contributed by atoms with E-state index in [9.17, 15) is 0 Å². The van der Waals surface area contributed by atoms with Gasteiger partial charge in [-0.1, -0.05) is 13.0 Å². The van der Waals surface area contributed by atoms with Crippen molar-refractivity contribution in [1.82, 2.24) is 9.88 Å². The molecule has 1 aromatic rings. The van der Waals surface area contributed by atoms with Crippen LogP contribution in [-0.2, 0) is 6.54 Å². The first-order chi connectivity index (χ1) is 9.20. The zero-order valence-electron chi connectivity index (χ0n) is 11.7. The van der Waals surface area contributed by atoms with Crippen molar-refractivity contribution in [3.05, 3.63) is 23.9 Å². The SMILES string of the molecule is COc1ncccc1CN=C(N)N1CCC(C)CC1. The normalized spacial score (nSPS) is 17.6. The highest BCUT2D eigenvalue weighted by atomic mass is 16.5. The van der Waals surface area contributed by atoms with Crippen molar-refractivity contribution in [3.8, 4) is 5.88 Å². The number of aliphatic imine (C=N–C) groups is 1. The van der Waals surface area contributed by atoms with Gasteiger partial charge in [-0.25, -0.2) is 9.98 Å². The van der Waals surface area contributed by atoms with Crippen molar-refractivity contribution in [2.24, 2.45) is 16.6 Å². The molecule has 1 fully saturated rings. The first-order valence-corrected chi connectivity index (χ1v) is 6.73. The minimum atomic E-state index is 0.509. The zero-order valence-corrected chi connectivity index (χ0v) is 11.7. The van der Waals surface area contributed by atoms with Gasteiger partial charge in [0, 0.05) is 24.8 Å². The van der Waals surface area contributed by atoms with Crippen molar-refractivity contribution >= 4 is 5.96 Å². The smallest absolute Gasteiger partial charge is 0.218 e. The van der Waals surface area contributed by atoms with E-state index >= 15 is 0 Å². The highest BCUT2D eigenvalue weighted by Gasteiger charge is 2.16. The highest BCUT2D eigenvalue weighted by molar-refractivity contribution is 5.78. The Bertz CT molecular complexity index is 439. The fourth-order valence-electron chi connectivity index (χ4n) is 2.23. The Morgan fingerprint density at radius 3 is 2.95 bits per heavy atom. The molecule has 5 nitrogen and oxygen atoms in total. The van der Waals surface area contributed by atoms with Crippen LogP contribution in [0.4, 0.5) is 0 Å². The molecule has 0 bridgehead atoms. The van der Waals surface area contributed by atoms with Crippen molar-refractivity contribution in [2.75, 3.05) is 20.2 Å². The number of pyridine rings is 1. The lowest BCUT2D eigenvalue weighted by molar-refractivity contribution is 0.277. The molecule has 0 amide bonds. The number of aromatic nitrogens is 1. The Labute approximate surface area is 114 Å². The molecule has 1 aliphatic heterocycles. The van der Waals surface area contributed by atoms with E-state index in [-0.39, 0.29) is 0 Å². The van der Waals surface area contributed by atoms with Gasteiger partial charge in [0.1, 0.15) is 0 Å². The number of methoxy groups -OCH3 is 1. The van der Waals surface area contributed by atoms with E-state index in [1.165, 1.54) is 12.8 Å². The van der Waals surface area contributed by atoms with Crippen LogP contribution < -0.4 is 10.5 Å². The average Bonchev–Trinajstić information content (AvgIpc) is 2.45. The second-order valence-corrected chi connectivity index (χ2v) is 5.02. The standard InChI is InChI=1S/C14H22N4O/c1-11-5-8-18(9-6-11)14(15)17-10-12-4-3-7-16-13(12)19-2/h3-4,7,11H,5-6,8-10H2,1-2H3,(H2,15,17). The Hall–Kier alpha value is -1.78. The van der Waals surface area contributed by atoms with Crippen LogP contribution in [-0.4, -0.2) is 36.0 Å². The third-order valence-corrected chi connectivity index (χ3v) is 3.56. The number of rotatable bonds is 3. The number of hydrogen-bond acceptors (Lipinski definition) is 3. The number of likely N-dealkylation sites (tertiary alicyclic amines) is 1. The summed E-state index contributed by atoms with van der Waals surface area (Å²) in [5.41, 5.74) is 7.00. The van der Waals surface area contributed by atoms with Crippen LogP contribution in [0.5, 0.6) is 5.88 Å². The van der Waals surface area contributed by atoms with Gasteiger partial charge in [0.05, 0.1) is 13.7 Å². The maximum Gasteiger partial charge on any atom is 0.218 e. The van der Waals surface area contributed by atoms with Crippen LogP contribution in [0, 0.1) is 5.92 Å². The molecule has 2 N–H and O–H groups in total. The number of hydrogen-bond donors (Lipinski definition) is 1. The summed E-state index contributed by atoms with van der Waals surface area (Å²) in [4.78, 5) is 10.8. The Morgan fingerprint density at radius 2 is 2.26 bits per heavy atom. The molecule has 2 heterocycles. The predicted molar refractivity (Wildman–Crippen MR) is 76.1 cm³/mol. The largest absolute Gasteiger partial charge is 0.481 e. The Balaban J connectivity index is 1.97. The molecule has 1 saturated heterocycles. The lowest BCUT2D eigenvalue weighted by atomic mass is 10.00.